The van der Waals surface area contributed by atoms with Gasteiger partial charge in [0.2, 0.25) is 15.9 Å². The number of alkyl halides is 3. The van der Waals surface area contributed by atoms with Crippen LogP contribution in [-0.2, 0) is 30.5 Å². The van der Waals surface area contributed by atoms with Crippen LogP contribution in [0.3, 0.4) is 0 Å². The lowest BCUT2D eigenvalue weighted by Crippen LogP contribution is -2.47. The Morgan fingerprint density at radius 2 is 1.53 bits per heavy atom. The average Bonchev–Trinajstić information content (AvgIpc) is 3.33. The van der Waals surface area contributed by atoms with Gasteiger partial charge in [0.25, 0.3) is 0 Å². The Kier molecular flexibility index (Phi) is 6.81. The highest BCUT2D eigenvalue weighted by Crippen LogP contribution is 2.36. The Bertz CT molecular complexity index is 918. The summed E-state index contributed by atoms with van der Waals surface area (Å²) >= 11 is 0. The molecule has 11 heteroatoms. The highest BCUT2D eigenvalue weighted by atomic mass is 32.2. The second kappa shape index (κ2) is 9.28. The summed E-state index contributed by atoms with van der Waals surface area (Å²) in [5.41, 5.74) is -1.17. The quantitative estimate of drug-likeness (QED) is 0.668. The number of piperidine rings is 2. The van der Waals surface area contributed by atoms with Gasteiger partial charge in [-0.1, -0.05) is 12.1 Å². The maximum absolute atomic E-state index is 13.3. The lowest BCUT2D eigenvalue weighted by molar-refractivity contribution is -0.142. The number of rotatable bonds is 4. The molecule has 3 heterocycles. The van der Waals surface area contributed by atoms with Gasteiger partial charge in [0.15, 0.2) is 6.29 Å². The van der Waals surface area contributed by atoms with Crippen molar-refractivity contribution in [2.75, 3.05) is 39.4 Å². The van der Waals surface area contributed by atoms with E-state index in [1.165, 1.54) is 12.1 Å². The van der Waals surface area contributed by atoms with Crippen molar-refractivity contribution in [3.8, 4) is 0 Å². The van der Waals surface area contributed by atoms with E-state index in [1.54, 1.807) is 4.90 Å². The van der Waals surface area contributed by atoms with Gasteiger partial charge in [-0.15, -0.1) is 0 Å². The number of nitrogens with zero attached hydrogens (tertiary/aromatic N) is 2. The van der Waals surface area contributed by atoms with E-state index in [-0.39, 0.29) is 37.1 Å². The number of hydrogen-bond acceptors (Lipinski definition) is 5. The van der Waals surface area contributed by atoms with Crippen molar-refractivity contribution < 1.29 is 35.9 Å². The van der Waals surface area contributed by atoms with Crippen molar-refractivity contribution in [3.05, 3.63) is 29.8 Å². The first-order valence-corrected chi connectivity index (χ1v) is 12.3. The minimum absolute atomic E-state index is 0.00977. The predicted octanol–water partition coefficient (Wildman–Crippen LogP) is 2.72. The highest BCUT2D eigenvalue weighted by molar-refractivity contribution is 7.89. The highest BCUT2D eigenvalue weighted by Gasteiger charge is 2.41. The second-order valence-electron chi connectivity index (χ2n) is 8.44. The van der Waals surface area contributed by atoms with Crippen molar-refractivity contribution in [2.45, 2.75) is 43.0 Å². The van der Waals surface area contributed by atoms with Crippen LogP contribution in [0.4, 0.5) is 13.2 Å². The zero-order valence-corrected chi connectivity index (χ0v) is 18.4. The number of benzene rings is 1. The van der Waals surface area contributed by atoms with Crippen molar-refractivity contribution >= 4 is 15.9 Å². The first-order chi connectivity index (χ1) is 15.2. The number of ether oxygens (including phenoxy) is 2. The van der Waals surface area contributed by atoms with Crippen LogP contribution in [0.2, 0.25) is 0 Å². The molecule has 3 saturated heterocycles. The fraction of sp³-hybridized carbons (Fsp3) is 0.667. The van der Waals surface area contributed by atoms with E-state index < -0.39 is 26.7 Å². The Hall–Kier alpha value is -1.69. The summed E-state index contributed by atoms with van der Waals surface area (Å²) in [4.78, 5) is 14.0. The molecule has 1 amide bonds. The summed E-state index contributed by atoms with van der Waals surface area (Å²) in [5.74, 6) is -0.0680. The number of sulfonamides is 1. The molecule has 178 valence electrons. The number of carbonyl (C=O) groups excluding carboxylic acids is 1. The van der Waals surface area contributed by atoms with Gasteiger partial charge in [0.1, 0.15) is 0 Å². The molecular formula is C21H27F3N2O5S. The molecule has 7 nitrogen and oxygen atoms in total. The number of halogens is 3. The topological polar surface area (TPSA) is 76.2 Å². The average molecular weight is 477 g/mol. The fourth-order valence-corrected chi connectivity index (χ4v) is 6.39. The minimum Gasteiger partial charge on any atom is -0.350 e. The zero-order chi connectivity index (χ0) is 22.9. The van der Waals surface area contributed by atoms with E-state index in [1.807, 2.05) is 0 Å². The maximum atomic E-state index is 13.3. The molecule has 3 fully saturated rings. The lowest BCUT2D eigenvalue weighted by Gasteiger charge is -2.37. The summed E-state index contributed by atoms with van der Waals surface area (Å²) < 4.78 is 77.9. The van der Waals surface area contributed by atoms with Gasteiger partial charge in [-0.3, -0.25) is 4.79 Å². The molecule has 1 aromatic rings. The Morgan fingerprint density at radius 1 is 0.938 bits per heavy atom. The largest absolute Gasteiger partial charge is 0.417 e. The molecule has 1 aromatic carbocycles. The zero-order valence-electron chi connectivity index (χ0n) is 17.6. The van der Waals surface area contributed by atoms with Crippen molar-refractivity contribution in [1.29, 1.82) is 0 Å². The molecule has 0 atom stereocenters. The van der Waals surface area contributed by atoms with Crippen LogP contribution in [0.1, 0.15) is 31.2 Å². The number of carbonyl (C=O) groups is 1. The van der Waals surface area contributed by atoms with Gasteiger partial charge >= 0.3 is 6.18 Å². The normalized spacial score (nSPS) is 23.0. The standard InChI is InChI=1S/C21H27F3N2O5S/c22-21(23,24)17-3-1-2-4-18(17)32(28,29)26-11-7-15(8-12-26)19(27)25-9-5-16(6-10-25)20-30-13-14-31-20/h1-4,15-16,20H,5-14H2. The number of likely N-dealkylation sites (tertiary alicyclic amines) is 1. The molecule has 0 aliphatic carbocycles. The number of amides is 1. The maximum Gasteiger partial charge on any atom is 0.417 e. The van der Waals surface area contributed by atoms with Crippen LogP contribution in [0.15, 0.2) is 29.2 Å². The molecule has 0 unspecified atom stereocenters. The molecule has 3 aliphatic rings. The van der Waals surface area contributed by atoms with E-state index in [0.717, 1.165) is 29.3 Å². The molecule has 0 radical (unpaired) electrons. The van der Waals surface area contributed by atoms with E-state index in [4.69, 9.17) is 9.47 Å². The molecule has 0 saturated carbocycles. The van der Waals surface area contributed by atoms with Crippen LogP contribution >= 0.6 is 0 Å². The van der Waals surface area contributed by atoms with Gasteiger partial charge in [-0.2, -0.15) is 17.5 Å². The van der Waals surface area contributed by atoms with Crippen molar-refractivity contribution in [1.82, 2.24) is 9.21 Å². The van der Waals surface area contributed by atoms with Gasteiger partial charge in [0, 0.05) is 38.0 Å². The molecule has 32 heavy (non-hydrogen) atoms. The van der Waals surface area contributed by atoms with E-state index in [2.05, 4.69) is 0 Å². The van der Waals surface area contributed by atoms with Crippen LogP contribution < -0.4 is 0 Å². The SMILES string of the molecule is O=C(C1CCN(S(=O)(=O)c2ccccc2C(F)(F)F)CC1)N1CCC(C2OCCO2)CC1. The Balaban J connectivity index is 1.35. The van der Waals surface area contributed by atoms with Crippen LogP contribution in [0.25, 0.3) is 0 Å². The monoisotopic (exact) mass is 476 g/mol. The lowest BCUT2D eigenvalue weighted by atomic mass is 9.92. The van der Waals surface area contributed by atoms with Gasteiger partial charge < -0.3 is 14.4 Å². The molecule has 4 rings (SSSR count). The van der Waals surface area contributed by atoms with Crippen molar-refractivity contribution in [2.24, 2.45) is 11.8 Å². The third-order valence-corrected chi connectivity index (χ3v) is 8.45. The summed E-state index contributed by atoms with van der Waals surface area (Å²) in [7, 11) is -4.31. The van der Waals surface area contributed by atoms with Crippen LogP contribution in [-0.4, -0.2) is 69.2 Å². The first-order valence-electron chi connectivity index (χ1n) is 10.9. The summed E-state index contributed by atoms with van der Waals surface area (Å²) in [5, 5.41) is 0. The van der Waals surface area contributed by atoms with E-state index in [0.29, 0.717) is 39.1 Å². The van der Waals surface area contributed by atoms with Gasteiger partial charge in [-0.25, -0.2) is 8.42 Å². The third kappa shape index (κ3) is 4.80. The molecule has 0 N–H and O–H groups in total. The van der Waals surface area contributed by atoms with Gasteiger partial charge in [-0.05, 0) is 37.8 Å². The first kappa shape index (κ1) is 23.5. The Labute approximate surface area is 185 Å². The van der Waals surface area contributed by atoms with Crippen LogP contribution in [0, 0.1) is 11.8 Å². The van der Waals surface area contributed by atoms with Crippen LogP contribution in [0.5, 0.6) is 0 Å². The molecular weight excluding hydrogens is 449 g/mol. The second-order valence-corrected chi connectivity index (χ2v) is 10.4. The molecule has 0 aromatic heterocycles. The summed E-state index contributed by atoms with van der Waals surface area (Å²) in [6.07, 6.45) is -2.79. The minimum atomic E-state index is -4.77. The van der Waals surface area contributed by atoms with Gasteiger partial charge in [0.05, 0.1) is 23.7 Å². The third-order valence-electron chi connectivity index (χ3n) is 6.50. The molecule has 0 bridgehead atoms. The summed E-state index contributed by atoms with van der Waals surface area (Å²) in [6, 6.07) is 4.20. The van der Waals surface area contributed by atoms with E-state index in [9.17, 15) is 26.4 Å². The fourth-order valence-electron chi connectivity index (χ4n) is 4.71. The van der Waals surface area contributed by atoms with E-state index >= 15 is 0 Å². The Morgan fingerprint density at radius 3 is 2.12 bits per heavy atom. The molecule has 0 spiro atoms. The summed E-state index contributed by atoms with van der Waals surface area (Å²) in [6.45, 7) is 2.43. The smallest absolute Gasteiger partial charge is 0.350 e. The number of hydrogen-bond donors (Lipinski definition) is 0. The predicted molar refractivity (Wildman–Crippen MR) is 108 cm³/mol. The molecule has 3 aliphatic heterocycles. The van der Waals surface area contributed by atoms with Crippen molar-refractivity contribution in [3.63, 3.8) is 0 Å².